The predicted molar refractivity (Wildman–Crippen MR) is 73.5 cm³/mol. The molecule has 0 aliphatic heterocycles. The highest BCUT2D eigenvalue weighted by atomic mass is 32.1. The lowest BCUT2D eigenvalue weighted by molar-refractivity contribution is 0.224. The maximum Gasteiger partial charge on any atom is 0.0982 e. The third kappa shape index (κ3) is 4.74. The van der Waals surface area contributed by atoms with Gasteiger partial charge >= 0.3 is 0 Å². The quantitative estimate of drug-likeness (QED) is 0.850. The molecular weight excluding hydrogens is 232 g/mol. The van der Waals surface area contributed by atoms with Crippen LogP contribution < -0.4 is 0 Å². The van der Waals surface area contributed by atoms with Crippen molar-refractivity contribution >= 4 is 11.3 Å². The van der Waals surface area contributed by atoms with E-state index in [2.05, 4.69) is 38.0 Å². The van der Waals surface area contributed by atoms with Gasteiger partial charge in [0.2, 0.25) is 0 Å². The van der Waals surface area contributed by atoms with Crippen molar-refractivity contribution < 1.29 is 5.11 Å². The predicted octanol–water partition coefficient (Wildman–Crippen LogP) is 2.64. The van der Waals surface area contributed by atoms with Crippen molar-refractivity contribution in [2.24, 2.45) is 0 Å². The molecule has 1 heterocycles. The van der Waals surface area contributed by atoms with E-state index >= 15 is 0 Å². The van der Waals surface area contributed by atoms with Crippen molar-refractivity contribution in [2.45, 2.75) is 46.1 Å². The van der Waals surface area contributed by atoms with E-state index in [0.29, 0.717) is 0 Å². The number of aromatic nitrogens is 1. The van der Waals surface area contributed by atoms with E-state index in [4.69, 9.17) is 10.1 Å². The zero-order chi connectivity index (χ0) is 12.9. The molecule has 0 fully saturated rings. The maximum absolute atomic E-state index is 8.85. The van der Waals surface area contributed by atoms with Gasteiger partial charge in [-0.2, -0.15) is 0 Å². The first kappa shape index (κ1) is 14.6. The lowest BCUT2D eigenvalue weighted by Gasteiger charge is -2.18. The molecule has 0 aliphatic rings. The minimum absolute atomic E-state index is 0.144. The molecule has 0 saturated heterocycles. The Morgan fingerprint density at radius 1 is 1.41 bits per heavy atom. The summed E-state index contributed by atoms with van der Waals surface area (Å²) in [5.74, 6) is 0. The lowest BCUT2D eigenvalue weighted by Crippen LogP contribution is -2.25. The minimum Gasteiger partial charge on any atom is -0.396 e. The molecule has 98 valence electrons. The molecule has 3 nitrogen and oxygen atoms in total. The Morgan fingerprint density at radius 3 is 2.59 bits per heavy atom. The summed E-state index contributed by atoms with van der Waals surface area (Å²) in [6.45, 7) is 11.8. The molecule has 0 aliphatic carbocycles. The Kier molecular flexibility index (Phi) is 5.56. The monoisotopic (exact) mass is 256 g/mol. The second-order valence-corrected chi connectivity index (χ2v) is 6.20. The third-order valence-corrected chi connectivity index (χ3v) is 3.98. The second-order valence-electron chi connectivity index (χ2n) is 5.34. The van der Waals surface area contributed by atoms with Crippen molar-refractivity contribution in [3.8, 4) is 0 Å². The van der Waals surface area contributed by atoms with Gasteiger partial charge in [-0.15, -0.1) is 11.3 Å². The molecule has 1 N–H and O–H groups in total. The fourth-order valence-corrected chi connectivity index (χ4v) is 2.49. The zero-order valence-electron chi connectivity index (χ0n) is 11.4. The SMILES string of the molecule is CCN(CCCO)Cc1csc(C(C)(C)C)n1. The van der Waals surface area contributed by atoms with Gasteiger partial charge in [-0.05, 0) is 13.0 Å². The largest absolute Gasteiger partial charge is 0.396 e. The first-order chi connectivity index (χ1) is 7.97. The smallest absolute Gasteiger partial charge is 0.0982 e. The van der Waals surface area contributed by atoms with Gasteiger partial charge in [0.1, 0.15) is 0 Å². The van der Waals surface area contributed by atoms with E-state index in [-0.39, 0.29) is 12.0 Å². The maximum atomic E-state index is 8.85. The lowest BCUT2D eigenvalue weighted by atomic mass is 9.98. The van der Waals surface area contributed by atoms with E-state index in [1.54, 1.807) is 11.3 Å². The van der Waals surface area contributed by atoms with Gasteiger partial charge in [0, 0.05) is 30.5 Å². The zero-order valence-corrected chi connectivity index (χ0v) is 12.2. The molecule has 1 rings (SSSR count). The number of hydrogen-bond donors (Lipinski definition) is 1. The standard InChI is InChI=1S/C13H24N2OS/c1-5-15(7-6-8-16)9-11-10-17-12(14-11)13(2,3)4/h10,16H,5-9H2,1-4H3. The summed E-state index contributed by atoms with van der Waals surface area (Å²) >= 11 is 1.75. The van der Waals surface area contributed by atoms with Crippen LogP contribution in [0.15, 0.2) is 5.38 Å². The summed E-state index contributed by atoms with van der Waals surface area (Å²) in [7, 11) is 0. The Bertz CT molecular complexity index is 330. The molecule has 1 aromatic heterocycles. The fourth-order valence-electron chi connectivity index (χ4n) is 1.60. The topological polar surface area (TPSA) is 36.4 Å². The van der Waals surface area contributed by atoms with Crippen LogP contribution in [0.2, 0.25) is 0 Å². The van der Waals surface area contributed by atoms with E-state index in [1.165, 1.54) is 5.01 Å². The van der Waals surface area contributed by atoms with E-state index in [9.17, 15) is 0 Å². The van der Waals surface area contributed by atoms with E-state index in [0.717, 1.165) is 31.7 Å². The molecule has 0 spiro atoms. The second kappa shape index (κ2) is 6.47. The van der Waals surface area contributed by atoms with Crippen LogP contribution in [0.3, 0.4) is 0 Å². The van der Waals surface area contributed by atoms with Gasteiger partial charge in [0.15, 0.2) is 0 Å². The third-order valence-electron chi connectivity index (χ3n) is 2.66. The van der Waals surface area contributed by atoms with Gasteiger partial charge in [-0.25, -0.2) is 4.98 Å². The molecule has 1 aromatic rings. The van der Waals surface area contributed by atoms with Gasteiger partial charge in [0.25, 0.3) is 0 Å². The number of aliphatic hydroxyl groups is 1. The highest BCUT2D eigenvalue weighted by Crippen LogP contribution is 2.25. The van der Waals surface area contributed by atoms with Gasteiger partial charge < -0.3 is 5.11 Å². The number of hydrogen-bond acceptors (Lipinski definition) is 4. The van der Waals surface area contributed by atoms with Crippen LogP contribution in [0.25, 0.3) is 0 Å². The van der Waals surface area contributed by atoms with Gasteiger partial charge in [-0.1, -0.05) is 27.7 Å². The summed E-state index contributed by atoms with van der Waals surface area (Å²) in [4.78, 5) is 7.01. The van der Waals surface area contributed by atoms with Crippen LogP contribution in [0.5, 0.6) is 0 Å². The molecule has 0 atom stereocenters. The van der Waals surface area contributed by atoms with Crippen LogP contribution in [0, 0.1) is 0 Å². The van der Waals surface area contributed by atoms with E-state index < -0.39 is 0 Å². The summed E-state index contributed by atoms with van der Waals surface area (Å²) in [5.41, 5.74) is 1.30. The van der Waals surface area contributed by atoms with Crippen molar-refractivity contribution in [1.82, 2.24) is 9.88 Å². The van der Waals surface area contributed by atoms with Gasteiger partial charge in [0.05, 0.1) is 10.7 Å². The highest BCUT2D eigenvalue weighted by molar-refractivity contribution is 7.09. The average molecular weight is 256 g/mol. The Morgan fingerprint density at radius 2 is 2.12 bits per heavy atom. The minimum atomic E-state index is 0.144. The summed E-state index contributed by atoms with van der Waals surface area (Å²) < 4.78 is 0. The normalized spacial score (nSPS) is 12.4. The number of rotatable bonds is 6. The van der Waals surface area contributed by atoms with Gasteiger partial charge in [-0.3, -0.25) is 4.90 Å². The molecule has 0 bridgehead atoms. The van der Waals surface area contributed by atoms with Crippen LogP contribution in [-0.4, -0.2) is 34.7 Å². The number of thiazole rings is 1. The van der Waals surface area contributed by atoms with Crippen molar-refractivity contribution in [1.29, 1.82) is 0 Å². The van der Waals surface area contributed by atoms with E-state index in [1.807, 2.05) is 0 Å². The number of nitrogens with zero attached hydrogens (tertiary/aromatic N) is 2. The number of aliphatic hydroxyl groups excluding tert-OH is 1. The summed E-state index contributed by atoms with van der Waals surface area (Å²) in [6.07, 6.45) is 0.837. The van der Waals surface area contributed by atoms with Crippen LogP contribution in [-0.2, 0) is 12.0 Å². The molecular formula is C13H24N2OS. The molecule has 0 aromatic carbocycles. The molecule has 17 heavy (non-hydrogen) atoms. The molecule has 0 radical (unpaired) electrons. The fraction of sp³-hybridized carbons (Fsp3) is 0.769. The Balaban J connectivity index is 2.58. The van der Waals surface area contributed by atoms with Crippen LogP contribution >= 0.6 is 11.3 Å². The molecule has 0 amide bonds. The van der Waals surface area contributed by atoms with Crippen molar-refractivity contribution in [3.63, 3.8) is 0 Å². The highest BCUT2D eigenvalue weighted by Gasteiger charge is 2.18. The molecule has 0 saturated carbocycles. The summed E-state index contributed by atoms with van der Waals surface area (Å²) in [6, 6.07) is 0. The molecule has 4 heteroatoms. The van der Waals surface area contributed by atoms with Crippen molar-refractivity contribution in [3.05, 3.63) is 16.1 Å². The molecule has 0 unspecified atom stereocenters. The van der Waals surface area contributed by atoms with Crippen LogP contribution in [0.1, 0.15) is 44.8 Å². The summed E-state index contributed by atoms with van der Waals surface area (Å²) in [5, 5.41) is 12.2. The van der Waals surface area contributed by atoms with Crippen molar-refractivity contribution in [2.75, 3.05) is 19.7 Å². The first-order valence-electron chi connectivity index (χ1n) is 6.25. The average Bonchev–Trinajstić information content (AvgIpc) is 2.72. The van der Waals surface area contributed by atoms with Crippen LogP contribution in [0.4, 0.5) is 0 Å². The Labute approximate surface area is 108 Å². The first-order valence-corrected chi connectivity index (χ1v) is 7.13. The Hall–Kier alpha value is -0.450.